The van der Waals surface area contributed by atoms with Crippen LogP contribution in [-0.4, -0.2) is 53.8 Å². The zero-order valence-corrected chi connectivity index (χ0v) is 17.7. The summed E-state index contributed by atoms with van der Waals surface area (Å²) in [5.41, 5.74) is -6.53. The number of para-hydroxylation sites is 1. The van der Waals surface area contributed by atoms with Crippen molar-refractivity contribution in [2.24, 2.45) is 0 Å². The first-order chi connectivity index (χ1) is 15.3. The molecule has 0 aliphatic carbocycles. The Morgan fingerprint density at radius 3 is 1.73 bits per heavy atom. The number of alkyl halides is 6. The summed E-state index contributed by atoms with van der Waals surface area (Å²) in [6.07, 6.45) is -12.1. The molecule has 0 aliphatic heterocycles. The molecule has 0 heterocycles. The molecule has 11 heteroatoms. The quantitative estimate of drug-likeness (QED) is 0.599. The third kappa shape index (κ3) is 5.29. The van der Waals surface area contributed by atoms with E-state index < -0.39 is 35.3 Å². The fraction of sp³-hybridized carbons (Fsp3) is 0.364. The second-order valence-electron chi connectivity index (χ2n) is 7.08. The van der Waals surface area contributed by atoms with Crippen LogP contribution in [0.15, 0.2) is 54.6 Å². The van der Waals surface area contributed by atoms with E-state index in [-0.39, 0.29) is 12.1 Å². The molecule has 0 unspecified atom stereocenters. The minimum Gasteiger partial charge on any atom is -0.369 e. The number of benzene rings is 2. The molecular formula is C22H22F6N2O3. The van der Waals surface area contributed by atoms with E-state index in [1.807, 2.05) is 0 Å². The monoisotopic (exact) mass is 476 g/mol. The van der Waals surface area contributed by atoms with Crippen molar-refractivity contribution in [1.82, 2.24) is 4.90 Å². The van der Waals surface area contributed by atoms with Gasteiger partial charge in [-0.25, -0.2) is 0 Å². The highest BCUT2D eigenvalue weighted by Gasteiger charge is 2.71. The molecule has 2 aromatic carbocycles. The molecule has 1 N–H and O–H groups in total. The first-order valence-electron chi connectivity index (χ1n) is 9.89. The van der Waals surface area contributed by atoms with E-state index in [9.17, 15) is 41.0 Å². The Balaban J connectivity index is 2.44. The van der Waals surface area contributed by atoms with Crippen molar-refractivity contribution in [3.05, 3.63) is 65.7 Å². The van der Waals surface area contributed by atoms with Crippen LogP contribution >= 0.6 is 0 Å². The van der Waals surface area contributed by atoms with Crippen LogP contribution in [0.5, 0.6) is 0 Å². The van der Waals surface area contributed by atoms with Gasteiger partial charge in [0.2, 0.25) is 5.91 Å². The van der Waals surface area contributed by atoms with Gasteiger partial charge in [0.1, 0.15) is 6.54 Å². The van der Waals surface area contributed by atoms with Gasteiger partial charge in [0.05, 0.1) is 0 Å². The molecule has 0 fully saturated rings. The average molecular weight is 476 g/mol. The van der Waals surface area contributed by atoms with Gasteiger partial charge in [0.15, 0.2) is 0 Å². The van der Waals surface area contributed by atoms with Crippen LogP contribution in [0.3, 0.4) is 0 Å². The molecule has 2 amide bonds. The molecule has 0 aliphatic rings. The van der Waals surface area contributed by atoms with Crippen molar-refractivity contribution in [2.75, 3.05) is 24.5 Å². The van der Waals surface area contributed by atoms with E-state index in [0.29, 0.717) is 30.9 Å². The molecule has 33 heavy (non-hydrogen) atoms. The van der Waals surface area contributed by atoms with E-state index in [1.54, 1.807) is 32.0 Å². The fourth-order valence-corrected chi connectivity index (χ4v) is 3.20. The molecule has 0 spiro atoms. The smallest absolute Gasteiger partial charge is 0.369 e. The number of halogens is 6. The van der Waals surface area contributed by atoms with Crippen LogP contribution in [0.1, 0.15) is 29.8 Å². The maximum absolute atomic E-state index is 13.1. The molecule has 0 atom stereocenters. The zero-order chi connectivity index (χ0) is 25.0. The minimum atomic E-state index is -6.04. The number of nitrogens with zero attached hydrogens (tertiary/aromatic N) is 2. The molecule has 0 aromatic heterocycles. The van der Waals surface area contributed by atoms with Gasteiger partial charge in [-0.1, -0.05) is 30.3 Å². The lowest BCUT2D eigenvalue weighted by Crippen LogP contribution is -2.53. The van der Waals surface area contributed by atoms with Gasteiger partial charge in [-0.05, 0) is 38.1 Å². The number of hydrogen-bond donors (Lipinski definition) is 1. The van der Waals surface area contributed by atoms with E-state index in [0.717, 1.165) is 17.0 Å². The third-order valence-electron chi connectivity index (χ3n) is 5.09. The number of aliphatic hydroxyl groups is 1. The van der Waals surface area contributed by atoms with Crippen molar-refractivity contribution < 1.29 is 41.0 Å². The van der Waals surface area contributed by atoms with Gasteiger partial charge in [-0.3, -0.25) is 14.5 Å². The lowest BCUT2D eigenvalue weighted by molar-refractivity contribution is -0.376. The standard InChI is InChI=1S/C22H22F6N2O3/c1-3-29(4-2)18(31)14-30(17-8-6-5-7-9-17)19(32)15-10-12-16(13-11-15)20(33,21(23,24)25)22(26,27)28/h5-13,33H,3-4,14H2,1-2H3. The predicted molar refractivity (Wildman–Crippen MR) is 108 cm³/mol. The summed E-state index contributed by atoms with van der Waals surface area (Å²) in [6, 6.07) is 10.2. The molecular weight excluding hydrogens is 454 g/mol. The second-order valence-corrected chi connectivity index (χ2v) is 7.08. The van der Waals surface area contributed by atoms with E-state index in [1.165, 1.54) is 17.0 Å². The van der Waals surface area contributed by atoms with E-state index in [4.69, 9.17) is 0 Å². The van der Waals surface area contributed by atoms with Crippen LogP contribution in [0.2, 0.25) is 0 Å². The van der Waals surface area contributed by atoms with E-state index in [2.05, 4.69) is 0 Å². The first-order valence-corrected chi connectivity index (χ1v) is 9.89. The largest absolute Gasteiger partial charge is 0.430 e. The van der Waals surface area contributed by atoms with Crippen LogP contribution in [0, 0.1) is 0 Å². The first kappa shape index (κ1) is 26.2. The van der Waals surface area contributed by atoms with Crippen molar-refractivity contribution >= 4 is 17.5 Å². The van der Waals surface area contributed by atoms with Gasteiger partial charge >= 0.3 is 12.4 Å². The van der Waals surface area contributed by atoms with Crippen LogP contribution in [-0.2, 0) is 10.4 Å². The number of amides is 2. The maximum Gasteiger partial charge on any atom is 0.430 e. The Hall–Kier alpha value is -3.08. The summed E-state index contributed by atoms with van der Waals surface area (Å²) in [7, 11) is 0. The fourth-order valence-electron chi connectivity index (χ4n) is 3.20. The Kier molecular flexibility index (Phi) is 7.79. The molecule has 0 bridgehead atoms. The second kappa shape index (κ2) is 9.82. The predicted octanol–water partition coefficient (Wildman–Crippen LogP) is 4.51. The highest BCUT2D eigenvalue weighted by atomic mass is 19.4. The third-order valence-corrected chi connectivity index (χ3v) is 5.09. The van der Waals surface area contributed by atoms with Crippen LogP contribution in [0.25, 0.3) is 0 Å². The normalized spacial score (nSPS) is 12.4. The number of carbonyl (C=O) groups excluding carboxylic acids is 2. The summed E-state index contributed by atoms with van der Waals surface area (Å²) in [5.74, 6) is -1.20. The summed E-state index contributed by atoms with van der Waals surface area (Å²) in [6.45, 7) is 3.87. The number of anilines is 1. The topological polar surface area (TPSA) is 60.9 Å². The van der Waals surface area contributed by atoms with Gasteiger partial charge in [-0.2, -0.15) is 26.3 Å². The number of likely N-dealkylation sites (N-methyl/N-ethyl adjacent to an activating group) is 1. The van der Waals surface area contributed by atoms with Gasteiger partial charge < -0.3 is 10.0 Å². The Morgan fingerprint density at radius 1 is 0.818 bits per heavy atom. The Labute approximate surface area is 186 Å². The lowest BCUT2D eigenvalue weighted by atomic mass is 9.91. The van der Waals surface area contributed by atoms with Crippen molar-refractivity contribution in [3.63, 3.8) is 0 Å². The summed E-state index contributed by atoms with van der Waals surface area (Å²) in [5, 5.41) is 9.51. The van der Waals surface area contributed by atoms with Crippen molar-refractivity contribution in [3.8, 4) is 0 Å². The van der Waals surface area contributed by atoms with Gasteiger partial charge in [-0.15, -0.1) is 0 Å². The number of rotatable bonds is 7. The van der Waals surface area contributed by atoms with Crippen LogP contribution < -0.4 is 4.90 Å². The zero-order valence-electron chi connectivity index (χ0n) is 17.7. The SMILES string of the molecule is CCN(CC)C(=O)CN(C(=O)c1ccc(C(O)(C(F)(F)F)C(F)(F)F)cc1)c1ccccc1. The summed E-state index contributed by atoms with van der Waals surface area (Å²) in [4.78, 5) is 28.2. The summed E-state index contributed by atoms with van der Waals surface area (Å²) < 4.78 is 78.6. The molecule has 0 saturated heterocycles. The minimum absolute atomic E-state index is 0.262. The molecule has 2 rings (SSSR count). The van der Waals surface area contributed by atoms with Gasteiger partial charge in [0.25, 0.3) is 11.5 Å². The molecule has 0 radical (unpaired) electrons. The van der Waals surface area contributed by atoms with Crippen molar-refractivity contribution in [2.45, 2.75) is 31.8 Å². The molecule has 2 aromatic rings. The molecule has 5 nitrogen and oxygen atoms in total. The molecule has 180 valence electrons. The highest BCUT2D eigenvalue weighted by molar-refractivity contribution is 6.08. The number of carbonyl (C=O) groups is 2. The highest BCUT2D eigenvalue weighted by Crippen LogP contribution is 2.49. The maximum atomic E-state index is 13.1. The number of hydrogen-bond acceptors (Lipinski definition) is 3. The van der Waals surface area contributed by atoms with Crippen LogP contribution in [0.4, 0.5) is 32.0 Å². The van der Waals surface area contributed by atoms with E-state index >= 15 is 0 Å². The lowest BCUT2D eigenvalue weighted by Gasteiger charge is -2.32. The average Bonchev–Trinajstić information content (AvgIpc) is 2.76. The molecule has 0 saturated carbocycles. The van der Waals surface area contributed by atoms with Gasteiger partial charge in [0, 0.05) is 29.9 Å². The Bertz CT molecular complexity index is 941. The van der Waals surface area contributed by atoms with Crippen molar-refractivity contribution in [1.29, 1.82) is 0 Å². The Morgan fingerprint density at radius 2 is 1.30 bits per heavy atom. The summed E-state index contributed by atoms with van der Waals surface area (Å²) >= 11 is 0.